The second-order valence-electron chi connectivity index (χ2n) is 10.4. The molecule has 0 unspecified atom stereocenters. The minimum absolute atomic E-state index is 0.0114. The van der Waals surface area contributed by atoms with Gasteiger partial charge in [-0.15, -0.1) is 0 Å². The third-order valence-corrected chi connectivity index (χ3v) is 7.23. The van der Waals surface area contributed by atoms with Crippen molar-refractivity contribution in [3.05, 3.63) is 71.8 Å². The fourth-order valence-electron chi connectivity index (χ4n) is 4.93. The van der Waals surface area contributed by atoms with Crippen molar-refractivity contribution in [2.45, 2.75) is 90.1 Å². The Morgan fingerprint density at radius 1 is 0.526 bits per heavy atom. The molecule has 6 heteroatoms. The van der Waals surface area contributed by atoms with Crippen LogP contribution in [0.5, 0.6) is 0 Å². The molecule has 1 heterocycles. The first-order valence-electron chi connectivity index (χ1n) is 14.5. The number of carbonyl (C=O) groups excluding carboxylic acids is 3. The highest BCUT2D eigenvalue weighted by atomic mass is 16.2. The lowest BCUT2D eigenvalue weighted by Crippen LogP contribution is -2.38. The summed E-state index contributed by atoms with van der Waals surface area (Å²) in [5.41, 5.74) is 2.10. The highest BCUT2D eigenvalue weighted by molar-refractivity contribution is 5.80. The van der Waals surface area contributed by atoms with Crippen LogP contribution in [0.4, 0.5) is 0 Å². The summed E-state index contributed by atoms with van der Waals surface area (Å²) in [6.45, 7) is 2.41. The van der Waals surface area contributed by atoms with Crippen LogP contribution in [0.25, 0.3) is 0 Å². The highest BCUT2D eigenvalue weighted by Crippen LogP contribution is 2.14. The van der Waals surface area contributed by atoms with Crippen molar-refractivity contribution in [3.8, 4) is 0 Å². The zero-order valence-electron chi connectivity index (χ0n) is 22.9. The molecule has 0 radical (unpaired) electrons. The summed E-state index contributed by atoms with van der Waals surface area (Å²) in [5.74, 6) is 0.0718. The number of nitrogens with zero attached hydrogens (tertiary/aromatic N) is 2. The molecule has 0 bridgehead atoms. The number of hydrogen-bond acceptors (Lipinski definition) is 3. The summed E-state index contributed by atoms with van der Waals surface area (Å²) in [4.78, 5) is 42.7. The van der Waals surface area contributed by atoms with Gasteiger partial charge in [-0.2, -0.15) is 0 Å². The SMILES string of the molecule is O=C1CCN(Cc2ccccc2)C(=O)CCN(Cc2ccccc2)C(=O)CCCCCCCCCCCN1. The van der Waals surface area contributed by atoms with Gasteiger partial charge in [0.1, 0.15) is 0 Å². The Morgan fingerprint density at radius 3 is 1.53 bits per heavy atom. The van der Waals surface area contributed by atoms with Gasteiger partial charge < -0.3 is 15.1 Å². The van der Waals surface area contributed by atoms with E-state index in [-0.39, 0.29) is 30.6 Å². The lowest BCUT2D eigenvalue weighted by Gasteiger charge is -2.26. The summed E-state index contributed by atoms with van der Waals surface area (Å²) in [7, 11) is 0. The average molecular weight is 520 g/mol. The molecule has 1 aliphatic heterocycles. The molecule has 6 nitrogen and oxygen atoms in total. The van der Waals surface area contributed by atoms with Crippen LogP contribution in [-0.2, 0) is 27.5 Å². The van der Waals surface area contributed by atoms with Gasteiger partial charge in [0.2, 0.25) is 17.7 Å². The zero-order valence-corrected chi connectivity index (χ0v) is 22.9. The quantitative estimate of drug-likeness (QED) is 0.550. The first kappa shape index (κ1) is 29.4. The molecule has 1 saturated heterocycles. The summed E-state index contributed by atoms with van der Waals surface area (Å²) in [5, 5.41) is 3.02. The second kappa shape index (κ2) is 17.4. The van der Waals surface area contributed by atoms with Gasteiger partial charge in [0.25, 0.3) is 0 Å². The Bertz CT molecular complexity index is 964. The molecule has 0 spiro atoms. The number of benzene rings is 2. The van der Waals surface area contributed by atoms with E-state index in [2.05, 4.69) is 5.32 Å². The van der Waals surface area contributed by atoms with E-state index in [4.69, 9.17) is 0 Å². The monoisotopic (exact) mass is 519 g/mol. The number of carbonyl (C=O) groups is 3. The molecule has 2 aromatic rings. The minimum Gasteiger partial charge on any atom is -0.356 e. The second-order valence-corrected chi connectivity index (χ2v) is 10.4. The lowest BCUT2D eigenvalue weighted by atomic mass is 10.1. The molecule has 3 rings (SSSR count). The van der Waals surface area contributed by atoms with Crippen LogP contribution in [0, 0.1) is 0 Å². The molecule has 1 aliphatic rings. The Morgan fingerprint density at radius 2 is 0.974 bits per heavy atom. The smallest absolute Gasteiger partial charge is 0.224 e. The van der Waals surface area contributed by atoms with Gasteiger partial charge >= 0.3 is 0 Å². The maximum Gasteiger partial charge on any atom is 0.224 e. The van der Waals surface area contributed by atoms with Crippen LogP contribution < -0.4 is 5.32 Å². The molecule has 0 atom stereocenters. The first-order valence-corrected chi connectivity index (χ1v) is 14.5. The van der Waals surface area contributed by atoms with E-state index in [0.29, 0.717) is 39.1 Å². The molecule has 206 valence electrons. The Hall–Kier alpha value is -3.15. The number of nitrogens with one attached hydrogen (secondary N) is 1. The predicted molar refractivity (Wildman–Crippen MR) is 152 cm³/mol. The van der Waals surface area contributed by atoms with Crippen molar-refractivity contribution in [2.24, 2.45) is 0 Å². The largest absolute Gasteiger partial charge is 0.356 e. The molecule has 0 aromatic heterocycles. The number of rotatable bonds is 4. The minimum atomic E-state index is -0.0293. The molecule has 1 fully saturated rings. The molecular formula is C32H45N3O3. The van der Waals surface area contributed by atoms with Crippen molar-refractivity contribution in [3.63, 3.8) is 0 Å². The van der Waals surface area contributed by atoms with Crippen LogP contribution >= 0.6 is 0 Å². The van der Waals surface area contributed by atoms with E-state index >= 15 is 0 Å². The summed E-state index contributed by atoms with van der Waals surface area (Å²) < 4.78 is 0. The van der Waals surface area contributed by atoms with E-state index in [1.807, 2.05) is 65.6 Å². The van der Waals surface area contributed by atoms with E-state index < -0.39 is 0 Å². The third-order valence-electron chi connectivity index (χ3n) is 7.23. The highest BCUT2D eigenvalue weighted by Gasteiger charge is 2.20. The van der Waals surface area contributed by atoms with Gasteiger partial charge in [-0.3, -0.25) is 14.4 Å². The molecular weight excluding hydrogens is 474 g/mol. The number of hydrogen-bond donors (Lipinski definition) is 1. The molecule has 38 heavy (non-hydrogen) atoms. The molecule has 2 aromatic carbocycles. The standard InChI is InChI=1S/C32H45N3O3/c36-30-21-24-34(26-28-16-10-8-11-17-28)32(38)22-25-35(27-29-18-12-9-13-19-29)31(37)20-14-6-4-2-1-3-5-7-15-23-33-30/h8-13,16-19H,1-7,14-15,20-27H2,(H,33,36). The summed E-state index contributed by atoms with van der Waals surface area (Å²) >= 11 is 0. The molecule has 1 N–H and O–H groups in total. The van der Waals surface area contributed by atoms with Gasteiger partial charge in [0.15, 0.2) is 0 Å². The van der Waals surface area contributed by atoms with Crippen molar-refractivity contribution < 1.29 is 14.4 Å². The Balaban J connectivity index is 1.68. The van der Waals surface area contributed by atoms with Gasteiger partial charge in [-0.25, -0.2) is 0 Å². The van der Waals surface area contributed by atoms with Crippen molar-refractivity contribution in [2.75, 3.05) is 19.6 Å². The van der Waals surface area contributed by atoms with E-state index in [9.17, 15) is 14.4 Å². The Kier molecular flexibility index (Phi) is 13.4. The van der Waals surface area contributed by atoms with Crippen LogP contribution in [0.1, 0.15) is 88.2 Å². The van der Waals surface area contributed by atoms with Crippen molar-refractivity contribution in [1.82, 2.24) is 15.1 Å². The maximum atomic E-state index is 13.4. The summed E-state index contributed by atoms with van der Waals surface area (Å²) in [6.07, 6.45) is 11.2. The van der Waals surface area contributed by atoms with Crippen molar-refractivity contribution in [1.29, 1.82) is 0 Å². The van der Waals surface area contributed by atoms with Crippen LogP contribution in [0.15, 0.2) is 60.7 Å². The van der Waals surface area contributed by atoms with Gasteiger partial charge in [-0.1, -0.05) is 106 Å². The van der Waals surface area contributed by atoms with E-state index in [1.165, 1.54) is 25.7 Å². The average Bonchev–Trinajstić information content (AvgIpc) is 2.94. The van der Waals surface area contributed by atoms with E-state index in [0.717, 1.165) is 43.2 Å². The number of amides is 3. The van der Waals surface area contributed by atoms with Crippen LogP contribution in [0.3, 0.4) is 0 Å². The van der Waals surface area contributed by atoms with Gasteiger partial charge in [-0.05, 0) is 24.0 Å². The van der Waals surface area contributed by atoms with Gasteiger partial charge in [0.05, 0.1) is 0 Å². The molecule has 0 aliphatic carbocycles. The van der Waals surface area contributed by atoms with E-state index in [1.54, 1.807) is 4.90 Å². The molecule has 3 amide bonds. The Labute approximate surface area is 228 Å². The first-order chi connectivity index (χ1) is 18.6. The topological polar surface area (TPSA) is 69.7 Å². The van der Waals surface area contributed by atoms with Crippen LogP contribution in [-0.4, -0.2) is 47.2 Å². The predicted octanol–water partition coefficient (Wildman–Crippen LogP) is 5.86. The normalized spacial score (nSPS) is 18.5. The van der Waals surface area contributed by atoms with Crippen molar-refractivity contribution >= 4 is 17.7 Å². The maximum absolute atomic E-state index is 13.4. The van der Waals surface area contributed by atoms with Gasteiger partial charge in [0, 0.05) is 52.0 Å². The fourth-order valence-corrected chi connectivity index (χ4v) is 4.93. The lowest BCUT2D eigenvalue weighted by molar-refractivity contribution is -0.135. The fraction of sp³-hybridized carbons (Fsp3) is 0.531. The molecule has 0 saturated carbocycles. The summed E-state index contributed by atoms with van der Waals surface area (Å²) in [6, 6.07) is 19.8. The zero-order chi connectivity index (χ0) is 26.8. The van der Waals surface area contributed by atoms with Crippen LogP contribution in [0.2, 0.25) is 0 Å². The third kappa shape index (κ3) is 11.5.